The molecule has 0 spiro atoms. The molecule has 24 heavy (non-hydrogen) atoms. The van der Waals surface area contributed by atoms with E-state index in [1.54, 1.807) is 0 Å². The van der Waals surface area contributed by atoms with Crippen LogP contribution in [0.15, 0.2) is 48.7 Å². The van der Waals surface area contributed by atoms with Crippen LogP contribution in [0.4, 0.5) is 0 Å². The number of aryl methyl sites for hydroxylation is 1. The SMILES string of the molecule is Cc1c(CO)ccc2ccn(Cc3ccc(CS(C)(=O)=O)cc3)c12. The van der Waals surface area contributed by atoms with Gasteiger partial charge in [0.05, 0.1) is 17.9 Å². The molecule has 5 heteroatoms. The van der Waals surface area contributed by atoms with Crippen LogP contribution in [0, 0.1) is 6.92 Å². The predicted molar refractivity (Wildman–Crippen MR) is 96.7 cm³/mol. The molecule has 0 bridgehead atoms. The van der Waals surface area contributed by atoms with Gasteiger partial charge in [0.2, 0.25) is 0 Å². The second kappa shape index (κ2) is 6.42. The summed E-state index contributed by atoms with van der Waals surface area (Å²) in [7, 11) is -3.01. The molecular weight excluding hydrogens is 322 g/mol. The summed E-state index contributed by atoms with van der Waals surface area (Å²) >= 11 is 0. The number of nitrogens with zero attached hydrogens (tertiary/aromatic N) is 1. The van der Waals surface area contributed by atoms with Gasteiger partial charge in [-0.2, -0.15) is 0 Å². The molecule has 3 aromatic rings. The van der Waals surface area contributed by atoms with Gasteiger partial charge in [-0.05, 0) is 40.6 Å². The van der Waals surface area contributed by atoms with Crippen molar-refractivity contribution in [1.82, 2.24) is 4.57 Å². The number of benzene rings is 2. The maximum atomic E-state index is 11.4. The zero-order valence-electron chi connectivity index (χ0n) is 13.9. The average molecular weight is 343 g/mol. The van der Waals surface area contributed by atoms with Crippen LogP contribution in [0.3, 0.4) is 0 Å². The molecule has 2 aromatic carbocycles. The predicted octanol–water partition coefficient (Wildman–Crippen LogP) is 3.03. The van der Waals surface area contributed by atoms with Crippen LogP contribution in [0.1, 0.15) is 22.3 Å². The minimum absolute atomic E-state index is 0.0349. The molecule has 0 saturated carbocycles. The third kappa shape index (κ3) is 3.52. The normalized spacial score (nSPS) is 12.0. The number of sulfone groups is 1. The van der Waals surface area contributed by atoms with E-state index < -0.39 is 9.84 Å². The van der Waals surface area contributed by atoms with E-state index in [1.165, 1.54) is 6.26 Å². The highest BCUT2D eigenvalue weighted by Gasteiger charge is 2.09. The molecule has 0 aliphatic heterocycles. The Hall–Kier alpha value is -2.11. The summed E-state index contributed by atoms with van der Waals surface area (Å²) < 4.78 is 24.9. The lowest BCUT2D eigenvalue weighted by Gasteiger charge is -2.11. The quantitative estimate of drug-likeness (QED) is 0.775. The van der Waals surface area contributed by atoms with Gasteiger partial charge in [0.25, 0.3) is 0 Å². The van der Waals surface area contributed by atoms with E-state index in [2.05, 4.69) is 10.6 Å². The monoisotopic (exact) mass is 343 g/mol. The maximum absolute atomic E-state index is 11.4. The maximum Gasteiger partial charge on any atom is 0.151 e. The average Bonchev–Trinajstić information content (AvgIpc) is 2.92. The van der Waals surface area contributed by atoms with Gasteiger partial charge in [-0.3, -0.25) is 0 Å². The van der Waals surface area contributed by atoms with Gasteiger partial charge >= 0.3 is 0 Å². The van der Waals surface area contributed by atoms with Crippen molar-refractivity contribution in [3.63, 3.8) is 0 Å². The van der Waals surface area contributed by atoms with Crippen molar-refractivity contribution in [2.75, 3.05) is 6.26 Å². The highest BCUT2D eigenvalue weighted by Crippen LogP contribution is 2.24. The van der Waals surface area contributed by atoms with Crippen molar-refractivity contribution in [1.29, 1.82) is 0 Å². The zero-order chi connectivity index (χ0) is 17.3. The van der Waals surface area contributed by atoms with Crippen LogP contribution < -0.4 is 0 Å². The third-order valence-corrected chi connectivity index (χ3v) is 5.13. The van der Waals surface area contributed by atoms with Crippen LogP contribution >= 0.6 is 0 Å². The summed E-state index contributed by atoms with van der Waals surface area (Å²) in [6.45, 7) is 2.77. The van der Waals surface area contributed by atoms with Gasteiger partial charge in [0.1, 0.15) is 0 Å². The number of rotatable bonds is 5. The fourth-order valence-corrected chi connectivity index (χ4v) is 3.86. The summed E-state index contributed by atoms with van der Waals surface area (Å²) in [6.07, 6.45) is 3.29. The molecule has 0 radical (unpaired) electrons. The van der Waals surface area contributed by atoms with Crippen molar-refractivity contribution in [2.45, 2.75) is 25.8 Å². The smallest absolute Gasteiger partial charge is 0.151 e. The van der Waals surface area contributed by atoms with Crippen LogP contribution in [0.5, 0.6) is 0 Å². The van der Waals surface area contributed by atoms with Crippen LogP contribution in [-0.4, -0.2) is 24.3 Å². The Labute approximate surface area is 142 Å². The number of hydrogen-bond donors (Lipinski definition) is 1. The molecule has 0 fully saturated rings. The van der Waals surface area contributed by atoms with Gasteiger partial charge < -0.3 is 9.67 Å². The summed E-state index contributed by atoms with van der Waals surface area (Å²) in [5, 5.41) is 10.6. The first kappa shape index (κ1) is 16.7. The molecule has 1 heterocycles. The second-order valence-electron chi connectivity index (χ2n) is 6.28. The largest absolute Gasteiger partial charge is 0.392 e. The van der Waals surface area contributed by atoms with E-state index in [9.17, 15) is 13.5 Å². The minimum Gasteiger partial charge on any atom is -0.392 e. The second-order valence-corrected chi connectivity index (χ2v) is 8.42. The Morgan fingerprint density at radius 2 is 1.67 bits per heavy atom. The van der Waals surface area contributed by atoms with Crippen molar-refractivity contribution in [2.24, 2.45) is 0 Å². The molecule has 0 saturated heterocycles. The molecule has 1 N–H and O–H groups in total. The molecule has 0 aliphatic rings. The topological polar surface area (TPSA) is 59.3 Å². The Balaban J connectivity index is 1.90. The first-order valence-electron chi connectivity index (χ1n) is 7.81. The fraction of sp³-hybridized carbons (Fsp3) is 0.263. The fourth-order valence-electron chi connectivity index (χ4n) is 3.07. The lowest BCUT2D eigenvalue weighted by molar-refractivity contribution is 0.281. The van der Waals surface area contributed by atoms with E-state index in [4.69, 9.17) is 0 Å². The first-order valence-corrected chi connectivity index (χ1v) is 9.87. The van der Waals surface area contributed by atoms with Gasteiger partial charge in [-0.15, -0.1) is 0 Å². The van der Waals surface area contributed by atoms with Crippen molar-refractivity contribution in [3.05, 3.63) is 70.9 Å². The van der Waals surface area contributed by atoms with E-state index >= 15 is 0 Å². The lowest BCUT2D eigenvalue weighted by atomic mass is 10.1. The van der Waals surface area contributed by atoms with Gasteiger partial charge in [-0.25, -0.2) is 8.42 Å². The third-order valence-electron chi connectivity index (χ3n) is 4.27. The van der Waals surface area contributed by atoms with Gasteiger partial charge in [-0.1, -0.05) is 36.4 Å². The number of aliphatic hydroxyl groups is 1. The number of fused-ring (bicyclic) bond motifs is 1. The van der Waals surface area contributed by atoms with Crippen molar-refractivity contribution < 1.29 is 13.5 Å². The molecule has 0 aliphatic carbocycles. The Bertz CT molecular complexity index is 970. The lowest BCUT2D eigenvalue weighted by Crippen LogP contribution is -2.03. The molecular formula is C19H21NO3S. The highest BCUT2D eigenvalue weighted by molar-refractivity contribution is 7.89. The standard InChI is InChI=1S/C19H21NO3S/c1-14-18(12-21)8-7-17-9-10-20(19(14)17)11-15-3-5-16(6-4-15)13-24(2,22)23/h3-10,21H,11-13H2,1-2H3. The summed E-state index contributed by atoms with van der Waals surface area (Å²) in [5.74, 6) is 0.0682. The molecule has 3 rings (SSSR count). The Morgan fingerprint density at radius 3 is 2.29 bits per heavy atom. The van der Waals surface area contributed by atoms with Crippen LogP contribution in [0.25, 0.3) is 10.9 Å². The van der Waals surface area contributed by atoms with E-state index in [0.717, 1.165) is 33.2 Å². The molecule has 0 amide bonds. The number of hydrogen-bond acceptors (Lipinski definition) is 3. The van der Waals surface area contributed by atoms with E-state index in [1.807, 2.05) is 49.5 Å². The number of aromatic nitrogens is 1. The van der Waals surface area contributed by atoms with E-state index in [0.29, 0.717) is 6.54 Å². The van der Waals surface area contributed by atoms with Crippen LogP contribution in [0.2, 0.25) is 0 Å². The van der Waals surface area contributed by atoms with Gasteiger partial charge in [0.15, 0.2) is 9.84 Å². The Morgan fingerprint density at radius 1 is 1.00 bits per heavy atom. The van der Waals surface area contributed by atoms with E-state index in [-0.39, 0.29) is 12.4 Å². The summed E-state index contributed by atoms with van der Waals surface area (Å²) in [5.41, 5.74) is 5.07. The first-order chi connectivity index (χ1) is 11.4. The summed E-state index contributed by atoms with van der Waals surface area (Å²) in [4.78, 5) is 0. The van der Waals surface area contributed by atoms with Crippen molar-refractivity contribution >= 4 is 20.7 Å². The number of aliphatic hydroxyl groups excluding tert-OH is 1. The molecule has 1 aromatic heterocycles. The van der Waals surface area contributed by atoms with Crippen molar-refractivity contribution in [3.8, 4) is 0 Å². The van der Waals surface area contributed by atoms with Crippen LogP contribution in [-0.2, 0) is 28.7 Å². The van der Waals surface area contributed by atoms with Gasteiger partial charge in [0, 0.05) is 19.0 Å². The highest BCUT2D eigenvalue weighted by atomic mass is 32.2. The minimum atomic E-state index is -3.01. The summed E-state index contributed by atoms with van der Waals surface area (Å²) in [6, 6.07) is 13.7. The zero-order valence-corrected chi connectivity index (χ0v) is 14.7. The molecule has 0 atom stereocenters. The molecule has 4 nitrogen and oxygen atoms in total. The molecule has 126 valence electrons. The molecule has 0 unspecified atom stereocenters. The Kier molecular flexibility index (Phi) is 4.47.